The minimum atomic E-state index is -1.48. The maximum Gasteiger partial charge on any atom is 0.355 e. The van der Waals surface area contributed by atoms with Crippen molar-refractivity contribution in [2.45, 2.75) is 0 Å². The second-order valence-electron chi connectivity index (χ2n) is 2.48. The number of pyridine rings is 1. The van der Waals surface area contributed by atoms with E-state index < -0.39 is 23.2 Å². The highest BCUT2D eigenvalue weighted by molar-refractivity contribution is 6.34. The average Bonchev–Trinajstić information content (AvgIpc) is 2.15. The molecule has 6 nitrogen and oxygen atoms in total. The molecule has 0 aliphatic rings. The highest BCUT2D eigenvalue weighted by atomic mass is 35.5. The molecule has 7 heteroatoms. The van der Waals surface area contributed by atoms with Crippen molar-refractivity contribution >= 4 is 23.5 Å². The van der Waals surface area contributed by atoms with Crippen LogP contribution in [-0.2, 0) is 0 Å². The van der Waals surface area contributed by atoms with Gasteiger partial charge in [0.2, 0.25) is 5.88 Å². The van der Waals surface area contributed by atoms with E-state index in [-0.39, 0.29) is 10.9 Å². The number of hydrogen-bond donors (Lipinski definition) is 2. The molecule has 0 spiro atoms. The number of carboxylic acid groups (broad SMARTS) is 2. The zero-order chi connectivity index (χ0) is 11.6. The first-order chi connectivity index (χ1) is 6.97. The van der Waals surface area contributed by atoms with Gasteiger partial charge in [-0.2, -0.15) is 0 Å². The Morgan fingerprint density at radius 2 is 2.00 bits per heavy atom. The van der Waals surface area contributed by atoms with Crippen LogP contribution in [0.15, 0.2) is 6.07 Å². The summed E-state index contributed by atoms with van der Waals surface area (Å²) in [5.74, 6) is -2.98. The number of nitrogens with zero attached hydrogens (tertiary/aromatic N) is 1. The van der Waals surface area contributed by atoms with Gasteiger partial charge in [0, 0.05) is 6.07 Å². The van der Waals surface area contributed by atoms with E-state index in [0.29, 0.717) is 0 Å². The van der Waals surface area contributed by atoms with E-state index >= 15 is 0 Å². The Labute approximate surface area is 89.1 Å². The van der Waals surface area contributed by atoms with Crippen LogP contribution >= 0.6 is 11.6 Å². The van der Waals surface area contributed by atoms with Crippen molar-refractivity contribution in [1.29, 1.82) is 0 Å². The summed E-state index contributed by atoms with van der Waals surface area (Å²) in [5.41, 5.74) is -1.20. The van der Waals surface area contributed by atoms with E-state index in [4.69, 9.17) is 21.8 Å². The first-order valence-electron chi connectivity index (χ1n) is 3.68. The lowest BCUT2D eigenvalue weighted by Crippen LogP contribution is -2.12. The SMILES string of the molecule is COc1cc(Cl)c(C(=O)O)c(C(=O)O)n1. The highest BCUT2D eigenvalue weighted by Gasteiger charge is 2.22. The largest absolute Gasteiger partial charge is 0.481 e. The Balaban J connectivity index is 3.49. The number of carbonyl (C=O) groups is 2. The fourth-order valence-electron chi connectivity index (χ4n) is 0.955. The quantitative estimate of drug-likeness (QED) is 0.810. The van der Waals surface area contributed by atoms with Gasteiger partial charge in [-0.15, -0.1) is 0 Å². The summed E-state index contributed by atoms with van der Waals surface area (Å²) >= 11 is 5.59. The molecule has 0 aromatic carbocycles. The number of hydrogen-bond acceptors (Lipinski definition) is 4. The van der Waals surface area contributed by atoms with Crippen molar-refractivity contribution in [3.8, 4) is 5.88 Å². The van der Waals surface area contributed by atoms with Crippen LogP contribution in [0.4, 0.5) is 0 Å². The van der Waals surface area contributed by atoms with Gasteiger partial charge in [0.1, 0.15) is 5.56 Å². The van der Waals surface area contributed by atoms with Gasteiger partial charge in [-0.25, -0.2) is 14.6 Å². The van der Waals surface area contributed by atoms with Gasteiger partial charge in [-0.05, 0) is 0 Å². The van der Waals surface area contributed by atoms with Crippen molar-refractivity contribution in [3.05, 3.63) is 22.3 Å². The van der Waals surface area contributed by atoms with Gasteiger partial charge in [0.25, 0.3) is 0 Å². The zero-order valence-electron chi connectivity index (χ0n) is 7.52. The van der Waals surface area contributed by atoms with E-state index in [9.17, 15) is 9.59 Å². The van der Waals surface area contributed by atoms with Gasteiger partial charge >= 0.3 is 11.9 Å². The molecule has 0 unspecified atom stereocenters. The lowest BCUT2D eigenvalue weighted by Gasteiger charge is -2.05. The van der Waals surface area contributed by atoms with Gasteiger partial charge in [0.05, 0.1) is 12.1 Å². The van der Waals surface area contributed by atoms with Gasteiger partial charge in [-0.1, -0.05) is 11.6 Å². The number of halogens is 1. The first-order valence-corrected chi connectivity index (χ1v) is 4.06. The summed E-state index contributed by atoms with van der Waals surface area (Å²) in [4.78, 5) is 24.9. The number of carboxylic acids is 2. The van der Waals surface area contributed by atoms with Crippen LogP contribution in [0.5, 0.6) is 5.88 Å². The summed E-state index contributed by atoms with van der Waals surface area (Å²) in [5, 5.41) is 17.2. The molecule has 0 aliphatic heterocycles. The van der Waals surface area contributed by atoms with Crippen molar-refractivity contribution in [2.75, 3.05) is 7.11 Å². The molecule has 0 saturated carbocycles. The van der Waals surface area contributed by atoms with Crippen LogP contribution in [0.3, 0.4) is 0 Å². The van der Waals surface area contributed by atoms with Crippen molar-refractivity contribution in [2.24, 2.45) is 0 Å². The molecule has 0 bridgehead atoms. The Morgan fingerprint density at radius 1 is 1.40 bits per heavy atom. The smallest absolute Gasteiger partial charge is 0.355 e. The lowest BCUT2D eigenvalue weighted by atomic mass is 10.2. The van der Waals surface area contributed by atoms with Crippen molar-refractivity contribution < 1.29 is 24.5 Å². The van der Waals surface area contributed by atoms with E-state index in [1.54, 1.807) is 0 Å². The van der Waals surface area contributed by atoms with Crippen molar-refractivity contribution in [1.82, 2.24) is 4.98 Å². The third kappa shape index (κ3) is 2.16. The molecular weight excluding hydrogens is 226 g/mol. The predicted octanol–water partition coefficient (Wildman–Crippen LogP) is 1.14. The fourth-order valence-corrected chi connectivity index (χ4v) is 1.22. The minimum Gasteiger partial charge on any atom is -0.481 e. The monoisotopic (exact) mass is 231 g/mol. The van der Waals surface area contributed by atoms with E-state index in [2.05, 4.69) is 9.72 Å². The fraction of sp³-hybridized carbons (Fsp3) is 0.125. The minimum absolute atomic E-state index is 0.0533. The summed E-state index contributed by atoms with van der Waals surface area (Å²) in [6.45, 7) is 0. The summed E-state index contributed by atoms with van der Waals surface area (Å²) < 4.78 is 4.67. The van der Waals surface area contributed by atoms with Crippen LogP contribution in [0.25, 0.3) is 0 Å². The average molecular weight is 232 g/mol. The normalized spacial score (nSPS) is 9.73. The molecule has 0 atom stereocenters. The van der Waals surface area contributed by atoms with Crippen LogP contribution in [-0.4, -0.2) is 34.2 Å². The third-order valence-electron chi connectivity index (χ3n) is 1.57. The maximum atomic E-state index is 10.7. The number of methoxy groups -OCH3 is 1. The highest BCUT2D eigenvalue weighted by Crippen LogP contribution is 2.23. The molecule has 2 N–H and O–H groups in total. The predicted molar refractivity (Wildman–Crippen MR) is 49.7 cm³/mol. The molecule has 1 heterocycles. The second-order valence-corrected chi connectivity index (χ2v) is 2.89. The van der Waals surface area contributed by atoms with Crippen LogP contribution in [0.1, 0.15) is 20.8 Å². The lowest BCUT2D eigenvalue weighted by molar-refractivity contribution is 0.0645. The second kappa shape index (κ2) is 4.14. The molecule has 15 heavy (non-hydrogen) atoms. The van der Waals surface area contributed by atoms with Crippen LogP contribution < -0.4 is 4.74 Å². The third-order valence-corrected chi connectivity index (χ3v) is 1.87. The van der Waals surface area contributed by atoms with Gasteiger partial charge in [-0.3, -0.25) is 0 Å². The molecule has 0 fully saturated rings. The molecule has 1 aromatic heterocycles. The van der Waals surface area contributed by atoms with Gasteiger partial charge < -0.3 is 14.9 Å². The molecule has 0 saturated heterocycles. The summed E-state index contributed by atoms with van der Waals surface area (Å²) in [7, 11) is 1.27. The van der Waals surface area contributed by atoms with Gasteiger partial charge in [0.15, 0.2) is 5.69 Å². The Morgan fingerprint density at radius 3 is 2.40 bits per heavy atom. The molecule has 80 valence electrons. The Kier molecular flexibility index (Phi) is 3.11. The Hall–Kier alpha value is -1.82. The van der Waals surface area contributed by atoms with Crippen LogP contribution in [0.2, 0.25) is 5.02 Å². The topological polar surface area (TPSA) is 96.7 Å². The van der Waals surface area contributed by atoms with Crippen LogP contribution in [0, 0.1) is 0 Å². The summed E-state index contributed by atoms with van der Waals surface area (Å²) in [6, 6.07) is 1.14. The number of rotatable bonds is 3. The molecule has 0 aliphatic carbocycles. The maximum absolute atomic E-state index is 10.7. The summed E-state index contributed by atoms with van der Waals surface area (Å²) in [6.07, 6.45) is 0. The standard InChI is InChI=1S/C8H6ClNO5/c1-15-4-2-3(9)5(7(11)12)6(10-4)8(13)14/h2H,1H3,(H,11,12)(H,13,14). The zero-order valence-corrected chi connectivity index (χ0v) is 8.28. The van der Waals surface area contributed by atoms with E-state index in [1.807, 2.05) is 0 Å². The molecule has 1 aromatic rings. The number of aromatic carboxylic acids is 2. The molecule has 0 amide bonds. The molecular formula is C8H6ClNO5. The van der Waals surface area contributed by atoms with E-state index in [0.717, 1.165) is 6.07 Å². The van der Waals surface area contributed by atoms with Crippen molar-refractivity contribution in [3.63, 3.8) is 0 Å². The number of aromatic nitrogens is 1. The Bertz CT molecular complexity index is 431. The number of ether oxygens (including phenoxy) is 1. The van der Waals surface area contributed by atoms with E-state index in [1.165, 1.54) is 7.11 Å². The molecule has 0 radical (unpaired) electrons. The molecule has 1 rings (SSSR count). The first kappa shape index (κ1) is 11.3.